The second-order valence-corrected chi connectivity index (χ2v) is 8.78. The average molecular weight is 452 g/mol. The predicted octanol–water partition coefficient (Wildman–Crippen LogP) is 5.43. The van der Waals surface area contributed by atoms with Gasteiger partial charge in [-0.2, -0.15) is 0 Å². The van der Waals surface area contributed by atoms with E-state index < -0.39 is 5.91 Å². The van der Waals surface area contributed by atoms with Gasteiger partial charge in [-0.1, -0.05) is 38.2 Å². The molecule has 27 heavy (non-hydrogen) atoms. The van der Waals surface area contributed by atoms with Gasteiger partial charge in [0.1, 0.15) is 5.75 Å². The van der Waals surface area contributed by atoms with Crippen LogP contribution < -0.4 is 10.1 Å². The van der Waals surface area contributed by atoms with Crippen LogP contribution in [0.1, 0.15) is 56.9 Å². The minimum Gasteiger partial charge on any atom is -0.425 e. The van der Waals surface area contributed by atoms with Gasteiger partial charge in [0.25, 0.3) is 11.1 Å². The summed E-state index contributed by atoms with van der Waals surface area (Å²) in [5.74, 6) is 0.603. The van der Waals surface area contributed by atoms with Crippen molar-refractivity contribution >= 4 is 50.9 Å². The van der Waals surface area contributed by atoms with E-state index in [4.69, 9.17) is 4.74 Å². The Kier molecular flexibility index (Phi) is 7.13. The van der Waals surface area contributed by atoms with Crippen LogP contribution in [-0.4, -0.2) is 17.1 Å². The summed E-state index contributed by atoms with van der Waals surface area (Å²) in [6.45, 7) is 0. The van der Waals surface area contributed by atoms with Crippen molar-refractivity contribution < 1.29 is 19.1 Å². The number of amides is 2. The summed E-state index contributed by atoms with van der Waals surface area (Å²) in [4.78, 5) is 35.3. The molecule has 0 atom stereocenters. The van der Waals surface area contributed by atoms with E-state index in [-0.39, 0.29) is 11.2 Å². The van der Waals surface area contributed by atoms with Crippen molar-refractivity contribution in [3.8, 4) is 5.75 Å². The Labute approximate surface area is 171 Å². The smallest absolute Gasteiger partial charge is 0.311 e. The topological polar surface area (TPSA) is 72.5 Å². The van der Waals surface area contributed by atoms with Crippen molar-refractivity contribution in [1.29, 1.82) is 0 Å². The summed E-state index contributed by atoms with van der Waals surface area (Å²) in [6.07, 6.45) is 10.6. The van der Waals surface area contributed by atoms with Gasteiger partial charge in [-0.3, -0.25) is 19.7 Å². The third-order valence-corrected chi connectivity index (χ3v) is 6.27. The zero-order valence-corrected chi connectivity index (χ0v) is 17.4. The molecule has 2 fully saturated rings. The minimum atomic E-state index is -0.394. The van der Waals surface area contributed by atoms with Gasteiger partial charge < -0.3 is 4.74 Å². The van der Waals surface area contributed by atoms with Gasteiger partial charge in [0, 0.05) is 6.42 Å². The highest BCUT2D eigenvalue weighted by atomic mass is 79.9. The maximum atomic E-state index is 12.1. The van der Waals surface area contributed by atoms with E-state index in [0.717, 1.165) is 36.1 Å². The Morgan fingerprint density at radius 1 is 1.26 bits per heavy atom. The molecule has 0 spiro atoms. The number of ether oxygens (including phenoxy) is 1. The van der Waals surface area contributed by atoms with Crippen LogP contribution >= 0.6 is 27.7 Å². The highest BCUT2D eigenvalue weighted by Gasteiger charge is 2.25. The number of carbonyl (C=O) groups excluding carboxylic acids is 3. The fourth-order valence-corrected chi connectivity index (χ4v) is 4.61. The van der Waals surface area contributed by atoms with E-state index in [1.807, 2.05) is 0 Å². The lowest BCUT2D eigenvalue weighted by molar-refractivity contribution is -0.134. The number of imide groups is 1. The number of rotatable bonds is 6. The lowest BCUT2D eigenvalue weighted by atomic mass is 9.86. The number of thioether (sulfide) groups is 1. The van der Waals surface area contributed by atoms with Crippen molar-refractivity contribution in [3.05, 3.63) is 33.1 Å². The van der Waals surface area contributed by atoms with Gasteiger partial charge in [0.2, 0.25) is 0 Å². The lowest BCUT2D eigenvalue weighted by Gasteiger charge is -2.21. The van der Waals surface area contributed by atoms with E-state index in [9.17, 15) is 14.4 Å². The molecular weight excluding hydrogens is 430 g/mol. The fraction of sp³-hybridized carbons (Fsp3) is 0.450. The molecule has 1 heterocycles. The predicted molar refractivity (Wildman–Crippen MR) is 109 cm³/mol. The fourth-order valence-electron chi connectivity index (χ4n) is 3.45. The molecule has 2 amide bonds. The molecule has 1 saturated heterocycles. The van der Waals surface area contributed by atoms with Crippen LogP contribution in [0.4, 0.5) is 4.79 Å². The monoisotopic (exact) mass is 451 g/mol. The van der Waals surface area contributed by atoms with Crippen molar-refractivity contribution in [3.63, 3.8) is 0 Å². The first-order chi connectivity index (χ1) is 13.0. The molecule has 1 aromatic carbocycles. The number of esters is 1. The van der Waals surface area contributed by atoms with E-state index >= 15 is 0 Å². The van der Waals surface area contributed by atoms with Crippen LogP contribution in [-0.2, 0) is 9.59 Å². The van der Waals surface area contributed by atoms with Gasteiger partial charge in [-0.25, -0.2) is 0 Å². The first-order valence-electron chi connectivity index (χ1n) is 9.26. The van der Waals surface area contributed by atoms with Crippen molar-refractivity contribution in [2.75, 3.05) is 0 Å². The number of halogens is 1. The molecule has 0 aromatic heterocycles. The normalized spacial score (nSPS) is 19.4. The maximum Gasteiger partial charge on any atom is 0.311 e. The van der Waals surface area contributed by atoms with Gasteiger partial charge in [0.15, 0.2) is 0 Å². The molecule has 0 bridgehead atoms. The number of carbonyl (C=O) groups is 3. The van der Waals surface area contributed by atoms with Crippen LogP contribution in [0.3, 0.4) is 0 Å². The Hall–Kier alpha value is -1.60. The molecule has 1 saturated carbocycles. The SMILES string of the molecule is O=C(CCCC1CCCCC1)Oc1ccc(C=C2SC(=O)NC2=O)cc1Br. The molecule has 1 aliphatic carbocycles. The molecule has 7 heteroatoms. The highest BCUT2D eigenvalue weighted by molar-refractivity contribution is 9.10. The largest absolute Gasteiger partial charge is 0.425 e. The first-order valence-corrected chi connectivity index (χ1v) is 10.9. The molecule has 0 unspecified atom stereocenters. The third kappa shape index (κ3) is 5.94. The second-order valence-electron chi connectivity index (χ2n) is 6.91. The summed E-state index contributed by atoms with van der Waals surface area (Å²) in [5.41, 5.74) is 0.742. The number of hydrogen-bond acceptors (Lipinski definition) is 5. The minimum absolute atomic E-state index is 0.228. The van der Waals surface area contributed by atoms with Crippen molar-refractivity contribution in [2.45, 2.75) is 51.4 Å². The van der Waals surface area contributed by atoms with Gasteiger partial charge in [-0.05, 0) is 70.2 Å². The Balaban J connectivity index is 1.51. The van der Waals surface area contributed by atoms with Crippen molar-refractivity contribution in [2.24, 2.45) is 5.92 Å². The third-order valence-electron chi connectivity index (χ3n) is 4.84. The molecule has 1 aromatic rings. The average Bonchev–Trinajstić information content (AvgIpc) is 2.95. The number of benzene rings is 1. The molecule has 1 aliphatic heterocycles. The molecule has 3 rings (SSSR count). The quantitative estimate of drug-likeness (QED) is 0.354. The molecule has 5 nitrogen and oxygen atoms in total. The number of nitrogens with one attached hydrogen (secondary N) is 1. The van der Waals surface area contributed by atoms with E-state index in [1.165, 1.54) is 32.1 Å². The Morgan fingerprint density at radius 2 is 2.04 bits per heavy atom. The maximum absolute atomic E-state index is 12.1. The molecule has 0 radical (unpaired) electrons. The van der Waals surface area contributed by atoms with Gasteiger partial charge >= 0.3 is 5.97 Å². The van der Waals surface area contributed by atoms with Gasteiger partial charge in [0.05, 0.1) is 9.38 Å². The molecule has 144 valence electrons. The van der Waals surface area contributed by atoms with E-state index in [2.05, 4.69) is 21.2 Å². The zero-order chi connectivity index (χ0) is 19.2. The van der Waals surface area contributed by atoms with Crippen LogP contribution in [0.15, 0.2) is 27.6 Å². The van der Waals surface area contributed by atoms with Crippen LogP contribution in [0.5, 0.6) is 5.75 Å². The van der Waals surface area contributed by atoms with Gasteiger partial charge in [-0.15, -0.1) is 0 Å². The Morgan fingerprint density at radius 3 is 2.70 bits per heavy atom. The van der Waals surface area contributed by atoms with Crippen LogP contribution in [0.2, 0.25) is 0 Å². The summed E-state index contributed by atoms with van der Waals surface area (Å²) < 4.78 is 6.08. The first kappa shape index (κ1) is 20.1. The second kappa shape index (κ2) is 9.55. The summed E-state index contributed by atoms with van der Waals surface area (Å²) in [7, 11) is 0. The number of hydrogen-bond donors (Lipinski definition) is 1. The van der Waals surface area contributed by atoms with Crippen LogP contribution in [0, 0.1) is 5.92 Å². The standard InChI is InChI=1S/C20H22BrNO4S/c21-15-11-14(12-17-19(24)22-20(25)27-17)9-10-16(15)26-18(23)8-4-7-13-5-2-1-3-6-13/h9-13H,1-8H2,(H,22,24,25). The summed E-state index contributed by atoms with van der Waals surface area (Å²) in [5, 5.41) is 1.85. The molecule has 1 N–H and O–H groups in total. The van der Waals surface area contributed by atoms with E-state index in [1.54, 1.807) is 24.3 Å². The summed E-state index contributed by atoms with van der Waals surface area (Å²) >= 11 is 4.27. The van der Waals surface area contributed by atoms with E-state index in [0.29, 0.717) is 21.5 Å². The summed E-state index contributed by atoms with van der Waals surface area (Å²) in [6, 6.07) is 5.20. The lowest BCUT2D eigenvalue weighted by Crippen LogP contribution is -2.17. The van der Waals surface area contributed by atoms with Crippen molar-refractivity contribution in [1.82, 2.24) is 5.32 Å². The highest BCUT2D eigenvalue weighted by Crippen LogP contribution is 2.31. The Bertz CT molecular complexity index is 771. The van der Waals surface area contributed by atoms with Crippen LogP contribution in [0.25, 0.3) is 6.08 Å². The zero-order valence-electron chi connectivity index (χ0n) is 15.0. The molecular formula is C20H22BrNO4S. The molecule has 2 aliphatic rings.